The molecule has 2 unspecified atom stereocenters. The van der Waals surface area contributed by atoms with E-state index in [0.717, 1.165) is 18.0 Å². The first kappa shape index (κ1) is 14.8. The van der Waals surface area contributed by atoms with Gasteiger partial charge in [-0.2, -0.15) is 0 Å². The van der Waals surface area contributed by atoms with Gasteiger partial charge in [-0.15, -0.1) is 0 Å². The van der Waals surface area contributed by atoms with Crippen molar-refractivity contribution in [2.24, 2.45) is 5.92 Å². The molecule has 1 aromatic carbocycles. The molecule has 1 aromatic rings. The molecule has 20 heavy (non-hydrogen) atoms. The number of hydrogen-bond donors (Lipinski definition) is 2. The molecule has 0 radical (unpaired) electrons. The molecule has 3 nitrogen and oxygen atoms in total. The van der Waals surface area contributed by atoms with Crippen molar-refractivity contribution in [3.8, 4) is 0 Å². The van der Waals surface area contributed by atoms with Gasteiger partial charge in [0.25, 0.3) is 0 Å². The standard InChI is InChI=1S/C16H23FN2O/c1-3-12-5-4-6-13(9-12)19-14-7-8-15(17)16(10-14)18-11(2)20/h7-8,10,12-13,19H,3-6,9H2,1-2H3,(H,18,20). The lowest BCUT2D eigenvalue weighted by Crippen LogP contribution is -2.27. The lowest BCUT2D eigenvalue weighted by molar-refractivity contribution is -0.114. The second-order valence-electron chi connectivity index (χ2n) is 5.66. The summed E-state index contributed by atoms with van der Waals surface area (Å²) >= 11 is 0. The molecule has 0 saturated heterocycles. The summed E-state index contributed by atoms with van der Waals surface area (Å²) in [6.07, 6.45) is 6.11. The molecular weight excluding hydrogens is 255 g/mol. The van der Waals surface area contributed by atoms with Gasteiger partial charge in [-0.05, 0) is 37.0 Å². The lowest BCUT2D eigenvalue weighted by Gasteiger charge is -2.30. The van der Waals surface area contributed by atoms with E-state index in [0.29, 0.717) is 6.04 Å². The third-order valence-electron chi connectivity index (χ3n) is 4.01. The van der Waals surface area contributed by atoms with Gasteiger partial charge in [-0.1, -0.05) is 26.2 Å². The second-order valence-corrected chi connectivity index (χ2v) is 5.66. The van der Waals surface area contributed by atoms with E-state index in [9.17, 15) is 9.18 Å². The number of anilines is 2. The maximum atomic E-state index is 13.6. The van der Waals surface area contributed by atoms with E-state index in [1.807, 2.05) is 0 Å². The van der Waals surface area contributed by atoms with Crippen LogP contribution in [0.5, 0.6) is 0 Å². The first-order valence-electron chi connectivity index (χ1n) is 7.42. The topological polar surface area (TPSA) is 41.1 Å². The Balaban J connectivity index is 2.03. The van der Waals surface area contributed by atoms with Crippen molar-refractivity contribution in [1.29, 1.82) is 0 Å². The molecule has 2 N–H and O–H groups in total. The fourth-order valence-electron chi connectivity index (χ4n) is 2.93. The molecule has 2 rings (SSSR count). The zero-order valence-electron chi connectivity index (χ0n) is 12.2. The van der Waals surface area contributed by atoms with Gasteiger partial charge in [-0.25, -0.2) is 4.39 Å². The van der Waals surface area contributed by atoms with E-state index < -0.39 is 5.82 Å². The number of amides is 1. The van der Waals surface area contributed by atoms with E-state index in [-0.39, 0.29) is 11.6 Å². The summed E-state index contributed by atoms with van der Waals surface area (Å²) in [5.74, 6) is 0.127. The Kier molecular flexibility index (Phi) is 4.99. The van der Waals surface area contributed by atoms with Crippen LogP contribution < -0.4 is 10.6 Å². The molecular formula is C16H23FN2O. The Bertz CT molecular complexity index is 476. The number of carbonyl (C=O) groups is 1. The molecule has 2 atom stereocenters. The third kappa shape index (κ3) is 3.95. The monoisotopic (exact) mass is 278 g/mol. The van der Waals surface area contributed by atoms with E-state index in [2.05, 4.69) is 17.6 Å². The predicted octanol–water partition coefficient (Wildman–Crippen LogP) is 4.16. The van der Waals surface area contributed by atoms with Crippen molar-refractivity contribution in [2.75, 3.05) is 10.6 Å². The van der Waals surface area contributed by atoms with Crippen LogP contribution in [-0.4, -0.2) is 11.9 Å². The molecule has 0 bridgehead atoms. The Labute approximate surface area is 120 Å². The molecule has 4 heteroatoms. The lowest BCUT2D eigenvalue weighted by atomic mass is 9.84. The minimum atomic E-state index is -0.402. The van der Waals surface area contributed by atoms with Crippen molar-refractivity contribution in [1.82, 2.24) is 0 Å². The van der Waals surface area contributed by atoms with Gasteiger partial charge in [-0.3, -0.25) is 4.79 Å². The number of carbonyl (C=O) groups excluding carboxylic acids is 1. The van der Waals surface area contributed by atoms with Crippen molar-refractivity contribution >= 4 is 17.3 Å². The molecule has 1 amide bonds. The highest BCUT2D eigenvalue weighted by atomic mass is 19.1. The van der Waals surface area contributed by atoms with Gasteiger partial charge >= 0.3 is 0 Å². The third-order valence-corrected chi connectivity index (χ3v) is 4.01. The molecule has 1 saturated carbocycles. The number of nitrogens with one attached hydrogen (secondary N) is 2. The van der Waals surface area contributed by atoms with E-state index in [1.54, 1.807) is 12.1 Å². The number of benzene rings is 1. The summed E-state index contributed by atoms with van der Waals surface area (Å²) < 4.78 is 13.6. The van der Waals surface area contributed by atoms with Crippen molar-refractivity contribution in [2.45, 2.75) is 52.0 Å². The molecule has 110 valence electrons. The first-order valence-corrected chi connectivity index (χ1v) is 7.42. The van der Waals surface area contributed by atoms with Crippen LogP contribution in [0.2, 0.25) is 0 Å². The molecule has 1 aliphatic rings. The SMILES string of the molecule is CCC1CCCC(Nc2ccc(F)c(NC(C)=O)c2)C1. The molecule has 0 aromatic heterocycles. The van der Waals surface area contributed by atoms with Gasteiger partial charge in [0.15, 0.2) is 0 Å². The van der Waals surface area contributed by atoms with E-state index in [1.165, 1.54) is 38.7 Å². The summed E-state index contributed by atoms with van der Waals surface area (Å²) in [4.78, 5) is 11.1. The Hall–Kier alpha value is -1.58. The molecule has 1 fully saturated rings. The van der Waals surface area contributed by atoms with E-state index >= 15 is 0 Å². The Morgan fingerprint density at radius 3 is 2.90 bits per heavy atom. The van der Waals surface area contributed by atoms with Crippen molar-refractivity contribution in [3.63, 3.8) is 0 Å². The summed E-state index contributed by atoms with van der Waals surface area (Å²) in [6.45, 7) is 3.62. The van der Waals surface area contributed by atoms with Crippen LogP contribution in [0.3, 0.4) is 0 Å². The van der Waals surface area contributed by atoms with Crippen LogP contribution in [0, 0.1) is 11.7 Å². The number of halogens is 1. The molecule has 1 aliphatic carbocycles. The highest BCUT2D eigenvalue weighted by Gasteiger charge is 2.20. The smallest absolute Gasteiger partial charge is 0.221 e. The predicted molar refractivity (Wildman–Crippen MR) is 80.4 cm³/mol. The fraction of sp³-hybridized carbons (Fsp3) is 0.562. The summed E-state index contributed by atoms with van der Waals surface area (Å²) in [6, 6.07) is 5.25. The van der Waals surface area contributed by atoms with Crippen LogP contribution in [-0.2, 0) is 4.79 Å². The summed E-state index contributed by atoms with van der Waals surface area (Å²) in [5, 5.41) is 5.98. The van der Waals surface area contributed by atoms with Gasteiger partial charge in [0.05, 0.1) is 5.69 Å². The van der Waals surface area contributed by atoms with Crippen LogP contribution in [0.15, 0.2) is 18.2 Å². The zero-order chi connectivity index (χ0) is 14.5. The minimum Gasteiger partial charge on any atom is -0.382 e. The van der Waals surface area contributed by atoms with Crippen LogP contribution in [0.4, 0.5) is 15.8 Å². The summed E-state index contributed by atoms with van der Waals surface area (Å²) in [7, 11) is 0. The maximum Gasteiger partial charge on any atom is 0.221 e. The Morgan fingerprint density at radius 1 is 1.40 bits per heavy atom. The van der Waals surface area contributed by atoms with Crippen LogP contribution >= 0.6 is 0 Å². The molecule has 0 aliphatic heterocycles. The van der Waals surface area contributed by atoms with Gasteiger partial charge < -0.3 is 10.6 Å². The highest BCUT2D eigenvalue weighted by Crippen LogP contribution is 2.29. The Morgan fingerprint density at radius 2 is 2.20 bits per heavy atom. The minimum absolute atomic E-state index is 0.241. The van der Waals surface area contributed by atoms with Gasteiger partial charge in [0.2, 0.25) is 5.91 Å². The maximum absolute atomic E-state index is 13.6. The van der Waals surface area contributed by atoms with Gasteiger partial charge in [0.1, 0.15) is 5.82 Å². The van der Waals surface area contributed by atoms with Gasteiger partial charge in [0, 0.05) is 18.7 Å². The zero-order valence-corrected chi connectivity index (χ0v) is 12.2. The number of hydrogen-bond acceptors (Lipinski definition) is 2. The average molecular weight is 278 g/mol. The quantitative estimate of drug-likeness (QED) is 0.868. The molecule has 0 spiro atoms. The van der Waals surface area contributed by atoms with E-state index in [4.69, 9.17) is 0 Å². The van der Waals surface area contributed by atoms with Crippen molar-refractivity contribution in [3.05, 3.63) is 24.0 Å². The van der Waals surface area contributed by atoms with Crippen LogP contribution in [0.25, 0.3) is 0 Å². The average Bonchev–Trinajstić information content (AvgIpc) is 2.42. The first-order chi connectivity index (χ1) is 9.58. The van der Waals surface area contributed by atoms with Crippen molar-refractivity contribution < 1.29 is 9.18 Å². The summed E-state index contributed by atoms with van der Waals surface area (Å²) in [5.41, 5.74) is 1.11. The molecule has 0 heterocycles. The second kappa shape index (κ2) is 6.73. The largest absolute Gasteiger partial charge is 0.382 e. The highest BCUT2D eigenvalue weighted by molar-refractivity contribution is 5.89. The number of rotatable bonds is 4. The normalized spacial score (nSPS) is 22.4. The van der Waals surface area contributed by atoms with Crippen LogP contribution in [0.1, 0.15) is 46.0 Å². The fourth-order valence-corrected chi connectivity index (χ4v) is 2.93.